The Hall–Kier alpha value is -2.84. The minimum absolute atomic E-state index is 0.00408. The van der Waals surface area contributed by atoms with E-state index in [-0.39, 0.29) is 12.3 Å². The first-order chi connectivity index (χ1) is 15.7. The summed E-state index contributed by atoms with van der Waals surface area (Å²) in [6.45, 7) is 8.91. The van der Waals surface area contributed by atoms with Crippen LogP contribution in [0.2, 0.25) is 0 Å². The molecule has 0 unspecified atom stereocenters. The zero-order valence-corrected chi connectivity index (χ0v) is 19.4. The highest BCUT2D eigenvalue weighted by Gasteiger charge is 2.22. The molecule has 0 bridgehead atoms. The largest absolute Gasteiger partial charge is 0.493 e. The van der Waals surface area contributed by atoms with Gasteiger partial charge in [-0.25, -0.2) is 4.98 Å². The lowest BCUT2D eigenvalue weighted by Gasteiger charge is -2.24. The van der Waals surface area contributed by atoms with Gasteiger partial charge in [0.25, 0.3) is 0 Å². The number of fused-ring (bicyclic) bond motifs is 2. The summed E-state index contributed by atoms with van der Waals surface area (Å²) >= 11 is 1.50. The number of rotatable bonds is 10. The number of hydrogen-bond acceptors (Lipinski definition) is 7. The van der Waals surface area contributed by atoms with Crippen LogP contribution in [0, 0.1) is 0 Å². The van der Waals surface area contributed by atoms with E-state index >= 15 is 0 Å². The summed E-state index contributed by atoms with van der Waals surface area (Å²) in [5.74, 6) is 2.21. The van der Waals surface area contributed by atoms with Gasteiger partial charge in [0, 0.05) is 25.2 Å². The van der Waals surface area contributed by atoms with Gasteiger partial charge < -0.3 is 19.1 Å². The fourth-order valence-corrected chi connectivity index (χ4v) is 4.60. The summed E-state index contributed by atoms with van der Waals surface area (Å²) in [5.41, 5.74) is 0.815. The molecule has 2 heterocycles. The number of nitrogens with zero attached hydrogens (tertiary/aromatic N) is 3. The minimum Gasteiger partial charge on any atom is -0.493 e. The molecule has 1 aliphatic rings. The molecule has 0 fully saturated rings. The third-order valence-electron chi connectivity index (χ3n) is 5.44. The Balaban J connectivity index is 1.51. The molecule has 0 saturated carbocycles. The molecular weight excluding hydrogens is 426 g/mol. The van der Waals surface area contributed by atoms with Crippen molar-refractivity contribution < 1.29 is 19.0 Å². The fourth-order valence-electron chi connectivity index (χ4n) is 3.58. The van der Waals surface area contributed by atoms with Gasteiger partial charge in [-0.1, -0.05) is 43.4 Å². The standard InChI is InChI=1S/C24H29N3O4S/c1-3-26(4-2)11-12-27(23(28)10-13-29-18-8-6-5-7-9-18)24-25-19-16-20-21(17-22(19)32-24)31-15-14-30-20/h5-9,16-17H,3-4,10-15H2,1-2H3. The average Bonchev–Trinajstić information content (AvgIpc) is 3.23. The molecule has 8 heteroatoms. The van der Waals surface area contributed by atoms with Gasteiger partial charge in [-0.05, 0) is 25.2 Å². The Kier molecular flexibility index (Phi) is 7.44. The number of carbonyl (C=O) groups excluding carboxylic acids is 1. The summed E-state index contributed by atoms with van der Waals surface area (Å²) in [5, 5.41) is 0.694. The number of hydrogen-bond donors (Lipinski definition) is 0. The topological polar surface area (TPSA) is 64.1 Å². The molecule has 4 rings (SSSR count). The Morgan fingerprint density at radius 2 is 1.78 bits per heavy atom. The number of anilines is 1. The second kappa shape index (κ2) is 10.7. The maximum Gasteiger partial charge on any atom is 0.232 e. The molecule has 170 valence electrons. The minimum atomic E-state index is 0.00408. The lowest BCUT2D eigenvalue weighted by atomic mass is 10.3. The molecule has 32 heavy (non-hydrogen) atoms. The first kappa shape index (κ1) is 22.4. The first-order valence-corrected chi connectivity index (χ1v) is 11.9. The van der Waals surface area contributed by atoms with E-state index in [2.05, 4.69) is 18.7 Å². The van der Waals surface area contributed by atoms with Gasteiger partial charge in [0.2, 0.25) is 5.91 Å². The molecule has 0 radical (unpaired) electrons. The molecule has 0 aliphatic carbocycles. The Labute approximate surface area is 192 Å². The maximum atomic E-state index is 13.2. The predicted octanol–water partition coefficient (Wildman–Crippen LogP) is 4.21. The van der Waals surface area contributed by atoms with Crippen molar-refractivity contribution in [2.75, 3.05) is 50.9 Å². The van der Waals surface area contributed by atoms with Crippen LogP contribution in [-0.2, 0) is 4.79 Å². The summed E-state index contributed by atoms with van der Waals surface area (Å²) in [4.78, 5) is 22.1. The van der Waals surface area contributed by atoms with Gasteiger partial charge >= 0.3 is 0 Å². The quantitative estimate of drug-likeness (QED) is 0.456. The van der Waals surface area contributed by atoms with Crippen molar-refractivity contribution in [1.82, 2.24) is 9.88 Å². The van der Waals surface area contributed by atoms with Gasteiger partial charge in [0.05, 0.1) is 23.2 Å². The van der Waals surface area contributed by atoms with Crippen LogP contribution in [0.3, 0.4) is 0 Å². The van der Waals surface area contributed by atoms with Crippen LogP contribution >= 0.6 is 11.3 Å². The number of benzene rings is 2. The van der Waals surface area contributed by atoms with Crippen LogP contribution in [0.4, 0.5) is 5.13 Å². The summed E-state index contributed by atoms with van der Waals surface area (Å²) in [6.07, 6.45) is 0.284. The predicted molar refractivity (Wildman–Crippen MR) is 127 cm³/mol. The van der Waals surface area contributed by atoms with Gasteiger partial charge in [-0.15, -0.1) is 0 Å². The molecule has 7 nitrogen and oxygen atoms in total. The van der Waals surface area contributed by atoms with E-state index in [4.69, 9.17) is 19.2 Å². The highest BCUT2D eigenvalue weighted by molar-refractivity contribution is 7.22. The molecule has 1 aromatic heterocycles. The van der Waals surface area contributed by atoms with Crippen molar-refractivity contribution in [3.63, 3.8) is 0 Å². The highest BCUT2D eigenvalue weighted by atomic mass is 32.1. The van der Waals surface area contributed by atoms with Gasteiger partial charge in [0.15, 0.2) is 16.6 Å². The average molecular weight is 456 g/mol. The van der Waals surface area contributed by atoms with E-state index in [1.54, 1.807) is 4.90 Å². The molecule has 1 amide bonds. The zero-order chi connectivity index (χ0) is 22.3. The zero-order valence-electron chi connectivity index (χ0n) is 18.6. The van der Waals surface area contributed by atoms with Crippen LogP contribution in [-0.4, -0.2) is 61.8 Å². The van der Waals surface area contributed by atoms with Crippen molar-refractivity contribution in [2.45, 2.75) is 20.3 Å². The van der Waals surface area contributed by atoms with Crippen molar-refractivity contribution in [3.05, 3.63) is 42.5 Å². The second-order valence-corrected chi connectivity index (χ2v) is 8.45. The molecule has 1 aliphatic heterocycles. The number of carbonyl (C=O) groups is 1. The smallest absolute Gasteiger partial charge is 0.232 e. The normalized spacial score (nSPS) is 12.8. The Morgan fingerprint density at radius 3 is 2.50 bits per heavy atom. The van der Waals surface area contributed by atoms with E-state index in [0.717, 1.165) is 41.3 Å². The molecule has 0 spiro atoms. The molecule has 0 atom stereocenters. The van der Waals surface area contributed by atoms with Gasteiger partial charge in [-0.2, -0.15) is 0 Å². The van der Waals surface area contributed by atoms with Crippen LogP contribution < -0.4 is 19.1 Å². The summed E-state index contributed by atoms with van der Waals surface area (Å²) in [7, 11) is 0. The van der Waals surface area contributed by atoms with E-state index in [0.29, 0.717) is 37.2 Å². The third kappa shape index (κ3) is 5.31. The number of amides is 1. The Bertz CT molecular complexity index is 993. The summed E-state index contributed by atoms with van der Waals surface area (Å²) < 4.78 is 18.1. The van der Waals surface area contributed by atoms with Crippen molar-refractivity contribution >= 4 is 32.6 Å². The second-order valence-electron chi connectivity index (χ2n) is 7.44. The van der Waals surface area contributed by atoms with Crippen LogP contribution in [0.25, 0.3) is 10.2 Å². The number of ether oxygens (including phenoxy) is 3. The first-order valence-electron chi connectivity index (χ1n) is 11.1. The molecule has 3 aromatic rings. The molecule has 0 saturated heterocycles. The van der Waals surface area contributed by atoms with Crippen molar-refractivity contribution in [2.24, 2.45) is 0 Å². The number of thiazole rings is 1. The van der Waals surface area contributed by atoms with E-state index in [1.807, 2.05) is 42.5 Å². The van der Waals surface area contributed by atoms with Crippen LogP contribution in [0.1, 0.15) is 20.3 Å². The fraction of sp³-hybridized carbons (Fsp3) is 0.417. The maximum absolute atomic E-state index is 13.2. The number of likely N-dealkylation sites (N-methyl/N-ethyl adjacent to an activating group) is 1. The molecular formula is C24H29N3O4S. The van der Waals surface area contributed by atoms with Crippen molar-refractivity contribution in [3.8, 4) is 17.2 Å². The van der Waals surface area contributed by atoms with E-state index in [9.17, 15) is 4.79 Å². The monoisotopic (exact) mass is 455 g/mol. The van der Waals surface area contributed by atoms with E-state index in [1.165, 1.54) is 11.3 Å². The molecule has 0 N–H and O–H groups in total. The van der Waals surface area contributed by atoms with Crippen LogP contribution in [0.5, 0.6) is 17.2 Å². The number of aromatic nitrogens is 1. The van der Waals surface area contributed by atoms with Gasteiger partial charge in [0.1, 0.15) is 19.0 Å². The lowest BCUT2D eigenvalue weighted by molar-refractivity contribution is -0.119. The van der Waals surface area contributed by atoms with E-state index < -0.39 is 0 Å². The van der Waals surface area contributed by atoms with Crippen molar-refractivity contribution in [1.29, 1.82) is 0 Å². The summed E-state index contributed by atoms with van der Waals surface area (Å²) in [6, 6.07) is 13.4. The third-order valence-corrected chi connectivity index (χ3v) is 6.48. The van der Waals surface area contributed by atoms with Gasteiger partial charge in [-0.3, -0.25) is 9.69 Å². The van der Waals surface area contributed by atoms with Crippen LogP contribution in [0.15, 0.2) is 42.5 Å². The SMILES string of the molecule is CCN(CC)CCN(C(=O)CCOc1ccccc1)c1nc2cc3c(cc2s1)OCCO3. The molecule has 2 aromatic carbocycles. The highest BCUT2D eigenvalue weighted by Crippen LogP contribution is 2.38. The lowest BCUT2D eigenvalue weighted by Crippen LogP contribution is -2.39. The Morgan fingerprint density at radius 1 is 1.06 bits per heavy atom. The number of para-hydroxylation sites is 1.